The fraction of sp³-hybridized carbons (Fsp3) is 0.550. The van der Waals surface area contributed by atoms with Gasteiger partial charge in [0.25, 0.3) is 5.91 Å². The van der Waals surface area contributed by atoms with Crippen molar-refractivity contribution in [3.05, 3.63) is 35.9 Å². The first-order valence-electron chi connectivity index (χ1n) is 8.96. The number of hydrogen-bond donors (Lipinski definition) is 0. The largest absolute Gasteiger partial charge is 0.292 e. The molecule has 1 amide bonds. The highest BCUT2D eigenvalue weighted by Crippen LogP contribution is 2.56. The van der Waals surface area contributed by atoms with Crippen molar-refractivity contribution in [1.82, 2.24) is 5.01 Å². The maximum absolute atomic E-state index is 13.1. The molecule has 2 saturated carbocycles. The van der Waals surface area contributed by atoms with Crippen LogP contribution in [0, 0.1) is 23.2 Å². The lowest BCUT2D eigenvalue weighted by molar-refractivity contribution is -0.138. The third-order valence-electron chi connectivity index (χ3n) is 6.57. The zero-order valence-electron chi connectivity index (χ0n) is 14.4. The van der Waals surface area contributed by atoms with E-state index in [1.807, 2.05) is 32.0 Å². The Kier molecular flexibility index (Phi) is 3.59. The van der Waals surface area contributed by atoms with E-state index in [0.29, 0.717) is 17.4 Å². The van der Waals surface area contributed by atoms with Gasteiger partial charge in [-0.25, -0.2) is 5.01 Å². The Bertz CT molecular complexity index is 712. The van der Waals surface area contributed by atoms with Crippen LogP contribution >= 0.6 is 0 Å². The third-order valence-corrected chi connectivity index (χ3v) is 6.57. The van der Waals surface area contributed by atoms with E-state index in [1.165, 1.54) is 24.3 Å². The number of fused-ring (bicyclic) bond motifs is 2. The average Bonchev–Trinajstić information content (AvgIpc) is 3.28. The number of hydrazone groups is 1. The zero-order valence-corrected chi connectivity index (χ0v) is 14.4. The molecule has 0 spiro atoms. The Morgan fingerprint density at radius 1 is 1.25 bits per heavy atom. The molecule has 2 bridgehead atoms. The molecule has 3 aliphatic rings. The maximum atomic E-state index is 13.1. The molecule has 0 radical (unpaired) electrons. The lowest BCUT2D eigenvalue weighted by atomic mass is 9.66. The molecule has 4 rings (SSSR count). The molecule has 0 saturated heterocycles. The summed E-state index contributed by atoms with van der Waals surface area (Å²) in [6.45, 7) is 4.04. The summed E-state index contributed by atoms with van der Waals surface area (Å²) < 4.78 is 0. The molecule has 0 aromatic heterocycles. The molecule has 126 valence electrons. The summed E-state index contributed by atoms with van der Waals surface area (Å²) in [5.41, 5.74) is 0.995. The summed E-state index contributed by atoms with van der Waals surface area (Å²) in [6, 6.07) is 9.13. The molecule has 24 heavy (non-hydrogen) atoms. The summed E-state index contributed by atoms with van der Waals surface area (Å²) in [5, 5.41) is 5.91. The SMILES string of the molecule is CC1=NN(CC(=O)c2ccccc2)C(=O)C1(C)[C@H]1CC2CCC1C2. The first-order chi connectivity index (χ1) is 11.5. The quantitative estimate of drug-likeness (QED) is 0.796. The van der Waals surface area contributed by atoms with Crippen molar-refractivity contribution in [3.63, 3.8) is 0 Å². The zero-order chi connectivity index (χ0) is 16.9. The van der Waals surface area contributed by atoms with Gasteiger partial charge in [0, 0.05) is 5.56 Å². The maximum Gasteiger partial charge on any atom is 0.255 e. The minimum absolute atomic E-state index is 0.0156. The van der Waals surface area contributed by atoms with Gasteiger partial charge in [0.1, 0.15) is 6.54 Å². The molecule has 3 unspecified atom stereocenters. The van der Waals surface area contributed by atoms with Crippen molar-refractivity contribution in [2.24, 2.45) is 28.3 Å². The highest BCUT2D eigenvalue weighted by molar-refractivity contribution is 6.12. The van der Waals surface area contributed by atoms with Crippen molar-refractivity contribution >= 4 is 17.4 Å². The average molecular weight is 324 g/mol. The number of carbonyl (C=O) groups excluding carboxylic acids is 2. The minimum atomic E-state index is -0.517. The van der Waals surface area contributed by atoms with Gasteiger partial charge in [-0.2, -0.15) is 5.10 Å². The smallest absolute Gasteiger partial charge is 0.255 e. The predicted molar refractivity (Wildman–Crippen MR) is 92.6 cm³/mol. The number of nitrogens with zero attached hydrogens (tertiary/aromatic N) is 2. The van der Waals surface area contributed by atoms with Crippen molar-refractivity contribution in [2.75, 3.05) is 6.54 Å². The molecule has 0 N–H and O–H groups in total. The Morgan fingerprint density at radius 2 is 2.00 bits per heavy atom. The van der Waals surface area contributed by atoms with Crippen LogP contribution in [0.25, 0.3) is 0 Å². The van der Waals surface area contributed by atoms with Crippen LogP contribution in [-0.2, 0) is 4.79 Å². The van der Waals surface area contributed by atoms with E-state index < -0.39 is 5.41 Å². The summed E-state index contributed by atoms with van der Waals surface area (Å²) in [5.74, 6) is 1.79. The Morgan fingerprint density at radius 3 is 2.62 bits per heavy atom. The van der Waals surface area contributed by atoms with Crippen molar-refractivity contribution in [3.8, 4) is 0 Å². The van der Waals surface area contributed by atoms with E-state index in [1.54, 1.807) is 12.1 Å². The number of carbonyl (C=O) groups is 2. The fourth-order valence-electron chi connectivity index (χ4n) is 5.09. The highest BCUT2D eigenvalue weighted by Gasteiger charge is 2.57. The molecular weight excluding hydrogens is 300 g/mol. The Balaban J connectivity index is 1.53. The summed E-state index contributed by atoms with van der Waals surface area (Å²) >= 11 is 0. The van der Waals surface area contributed by atoms with Gasteiger partial charge in [0.2, 0.25) is 0 Å². The third kappa shape index (κ3) is 2.23. The van der Waals surface area contributed by atoms with Gasteiger partial charge in [-0.1, -0.05) is 36.8 Å². The Hall–Kier alpha value is -1.97. The van der Waals surface area contributed by atoms with E-state index in [4.69, 9.17) is 0 Å². The van der Waals surface area contributed by atoms with Crippen molar-refractivity contribution in [1.29, 1.82) is 0 Å². The van der Waals surface area contributed by atoms with Gasteiger partial charge < -0.3 is 0 Å². The minimum Gasteiger partial charge on any atom is -0.292 e. The van der Waals surface area contributed by atoms with Crippen LogP contribution in [0.1, 0.15) is 49.9 Å². The molecular formula is C20H24N2O2. The number of amides is 1. The number of hydrogen-bond acceptors (Lipinski definition) is 3. The van der Waals surface area contributed by atoms with E-state index in [9.17, 15) is 9.59 Å². The fourth-order valence-corrected chi connectivity index (χ4v) is 5.09. The second-order valence-electron chi connectivity index (χ2n) is 7.82. The number of ketones is 1. The first kappa shape index (κ1) is 15.6. The van der Waals surface area contributed by atoms with Crippen LogP contribution in [0.15, 0.2) is 35.4 Å². The van der Waals surface area contributed by atoms with Crippen LogP contribution in [0.4, 0.5) is 0 Å². The van der Waals surface area contributed by atoms with Gasteiger partial charge >= 0.3 is 0 Å². The second-order valence-corrected chi connectivity index (χ2v) is 7.82. The monoisotopic (exact) mass is 324 g/mol. The van der Waals surface area contributed by atoms with Crippen molar-refractivity contribution in [2.45, 2.75) is 39.5 Å². The summed E-state index contributed by atoms with van der Waals surface area (Å²) in [6.07, 6.45) is 4.97. The molecule has 1 aromatic carbocycles. The van der Waals surface area contributed by atoms with E-state index in [2.05, 4.69) is 5.10 Å². The van der Waals surface area contributed by atoms with Crippen LogP contribution in [0.5, 0.6) is 0 Å². The summed E-state index contributed by atoms with van der Waals surface area (Å²) in [7, 11) is 0. The molecule has 1 heterocycles. The van der Waals surface area contributed by atoms with Crippen molar-refractivity contribution < 1.29 is 9.59 Å². The summed E-state index contributed by atoms with van der Waals surface area (Å²) in [4.78, 5) is 25.6. The number of Topliss-reactive ketones (excluding diaryl/α,β-unsaturated/α-hetero) is 1. The normalized spacial score (nSPS) is 34.8. The molecule has 2 fully saturated rings. The molecule has 1 aromatic rings. The first-order valence-corrected chi connectivity index (χ1v) is 8.96. The van der Waals surface area contributed by atoms with Gasteiger partial charge in [0.15, 0.2) is 5.78 Å². The lowest BCUT2D eigenvalue weighted by Crippen LogP contribution is -2.45. The number of benzene rings is 1. The van der Waals surface area contributed by atoms with Gasteiger partial charge in [0.05, 0.1) is 11.1 Å². The van der Waals surface area contributed by atoms with E-state index in [-0.39, 0.29) is 18.2 Å². The molecule has 4 atom stereocenters. The van der Waals surface area contributed by atoms with Gasteiger partial charge in [-0.15, -0.1) is 0 Å². The van der Waals surface area contributed by atoms with Crippen LogP contribution in [0.3, 0.4) is 0 Å². The lowest BCUT2D eigenvalue weighted by Gasteiger charge is -2.35. The van der Waals surface area contributed by atoms with E-state index in [0.717, 1.165) is 18.1 Å². The van der Waals surface area contributed by atoms with Crippen LogP contribution < -0.4 is 0 Å². The predicted octanol–water partition coefficient (Wildman–Crippen LogP) is 3.53. The van der Waals surface area contributed by atoms with Gasteiger partial charge in [-0.3, -0.25) is 9.59 Å². The second kappa shape index (κ2) is 5.54. The Labute approximate surface area is 142 Å². The van der Waals surface area contributed by atoms with Gasteiger partial charge in [-0.05, 0) is 50.9 Å². The molecule has 4 heteroatoms. The van der Waals surface area contributed by atoms with Crippen LogP contribution in [-0.4, -0.2) is 29.0 Å². The van der Waals surface area contributed by atoms with Crippen LogP contribution in [0.2, 0.25) is 0 Å². The topological polar surface area (TPSA) is 49.7 Å². The highest BCUT2D eigenvalue weighted by atomic mass is 16.2. The number of rotatable bonds is 4. The molecule has 1 aliphatic heterocycles. The van der Waals surface area contributed by atoms with E-state index >= 15 is 0 Å². The standard InChI is InChI=1S/C20H24N2O2/c1-13-20(2,17-11-14-8-9-16(17)10-14)19(24)22(21-13)12-18(23)15-6-4-3-5-7-15/h3-7,14,16-17H,8-12H2,1-2H3/t14?,16?,17-,20?/m0/s1. The molecule has 4 nitrogen and oxygen atoms in total. The molecule has 2 aliphatic carbocycles.